The molecule has 0 aromatic heterocycles. The highest BCUT2D eigenvalue weighted by atomic mass is 31.2. The molecule has 0 aromatic carbocycles. The highest BCUT2D eigenvalue weighted by Gasteiger charge is 2.30. The molecule has 0 rings (SSSR count). The summed E-state index contributed by atoms with van der Waals surface area (Å²) >= 11 is 0. The molecule has 0 aromatic rings. The second-order valence-electron chi connectivity index (χ2n) is 29.3. The summed E-state index contributed by atoms with van der Waals surface area (Å²) < 4.78 is 68.7. The number of phosphoric acid groups is 2. The topological polar surface area (TPSA) is 237 Å². The first-order valence-corrected chi connectivity index (χ1v) is 43.4. The van der Waals surface area contributed by atoms with Crippen LogP contribution >= 0.6 is 15.6 Å². The Morgan fingerprint density at radius 1 is 0.299 bits per heavy atom. The molecule has 0 saturated carbocycles. The maximum atomic E-state index is 13.1. The number of hydrogen-bond donors (Lipinski definition) is 3. The normalized spacial score (nSPS) is 14.3. The van der Waals surface area contributed by atoms with E-state index < -0.39 is 97.5 Å². The van der Waals surface area contributed by atoms with E-state index in [0.29, 0.717) is 25.7 Å². The van der Waals surface area contributed by atoms with Gasteiger partial charge in [0.15, 0.2) is 12.2 Å². The molecule has 0 spiro atoms. The lowest BCUT2D eigenvalue weighted by Crippen LogP contribution is -2.30. The smallest absolute Gasteiger partial charge is 0.462 e. The van der Waals surface area contributed by atoms with Crippen LogP contribution in [0.15, 0.2) is 0 Å². The summed E-state index contributed by atoms with van der Waals surface area (Å²) in [4.78, 5) is 73.0. The lowest BCUT2D eigenvalue weighted by Gasteiger charge is -2.21. The molecule has 3 N–H and O–H groups in total. The van der Waals surface area contributed by atoms with Crippen LogP contribution in [0, 0.1) is 17.8 Å². The van der Waals surface area contributed by atoms with Gasteiger partial charge in [-0.15, -0.1) is 0 Å². The molecule has 6 atom stereocenters. The highest BCUT2D eigenvalue weighted by Crippen LogP contribution is 2.45. The van der Waals surface area contributed by atoms with Gasteiger partial charge in [-0.25, -0.2) is 9.13 Å². The molecular weight excluding hydrogens is 1270 g/mol. The lowest BCUT2D eigenvalue weighted by molar-refractivity contribution is -0.161. The number of carbonyl (C=O) groups excluding carboxylic acids is 4. The molecule has 17 nitrogen and oxygen atoms in total. The van der Waals surface area contributed by atoms with Crippen molar-refractivity contribution >= 4 is 39.5 Å². The average molecular weight is 1420 g/mol. The first-order valence-electron chi connectivity index (χ1n) is 40.4. The summed E-state index contributed by atoms with van der Waals surface area (Å²) in [5.74, 6) is 0.219. The Balaban J connectivity index is 5.28. The molecule has 0 aliphatic rings. The summed E-state index contributed by atoms with van der Waals surface area (Å²) in [7, 11) is -9.92. The van der Waals surface area contributed by atoms with Gasteiger partial charge in [0.2, 0.25) is 0 Å². The van der Waals surface area contributed by atoms with Crippen molar-refractivity contribution in [3.05, 3.63) is 0 Å². The maximum absolute atomic E-state index is 13.1. The Hall–Kier alpha value is -1.94. The molecule has 0 fully saturated rings. The van der Waals surface area contributed by atoms with Crippen LogP contribution in [0.2, 0.25) is 0 Å². The second kappa shape index (κ2) is 68.5. The minimum atomic E-state index is -4.96. The van der Waals surface area contributed by atoms with Gasteiger partial charge in [-0.1, -0.05) is 350 Å². The van der Waals surface area contributed by atoms with Crippen molar-refractivity contribution in [2.45, 2.75) is 420 Å². The molecule has 19 heteroatoms. The first-order chi connectivity index (χ1) is 46.8. The quantitative estimate of drug-likeness (QED) is 0.0222. The predicted octanol–water partition coefficient (Wildman–Crippen LogP) is 23.0. The molecule has 0 heterocycles. The molecule has 576 valence electrons. The van der Waals surface area contributed by atoms with Gasteiger partial charge in [0.1, 0.15) is 19.3 Å². The van der Waals surface area contributed by atoms with Crippen molar-refractivity contribution in [2.75, 3.05) is 39.6 Å². The van der Waals surface area contributed by atoms with Crippen LogP contribution in [0.25, 0.3) is 0 Å². The fourth-order valence-electron chi connectivity index (χ4n) is 11.9. The van der Waals surface area contributed by atoms with Gasteiger partial charge in [0.05, 0.1) is 26.4 Å². The number of phosphoric ester groups is 2. The van der Waals surface area contributed by atoms with E-state index in [1.807, 2.05) is 0 Å². The van der Waals surface area contributed by atoms with Crippen LogP contribution in [-0.4, -0.2) is 96.7 Å². The Morgan fingerprint density at radius 2 is 0.526 bits per heavy atom. The van der Waals surface area contributed by atoms with Crippen molar-refractivity contribution < 1.29 is 80.2 Å². The van der Waals surface area contributed by atoms with E-state index in [1.54, 1.807) is 0 Å². The SMILES string of the molecule is CCCCCCCCCCCCCCCCCCC(=O)O[C@H](COC(=O)CCCCCCCCCCCCCC(C)C)COP(=O)(O)OC[C@@H](O)COP(=O)(O)OC[C@@H](COC(=O)CCCCCCCCCCCCC(C)C)OC(=O)CCCCCCCCCCCCC(C)CC. The molecule has 0 saturated heterocycles. The third-order valence-electron chi connectivity index (χ3n) is 18.5. The number of aliphatic hydroxyl groups is 1. The van der Waals surface area contributed by atoms with E-state index in [-0.39, 0.29) is 25.7 Å². The van der Waals surface area contributed by atoms with E-state index in [9.17, 15) is 43.2 Å². The van der Waals surface area contributed by atoms with Crippen LogP contribution in [0.5, 0.6) is 0 Å². The van der Waals surface area contributed by atoms with Crippen molar-refractivity contribution in [2.24, 2.45) is 17.8 Å². The second-order valence-corrected chi connectivity index (χ2v) is 32.2. The summed E-state index contributed by atoms with van der Waals surface area (Å²) in [6.45, 7) is 11.9. The molecule has 0 bridgehead atoms. The molecule has 0 amide bonds. The number of carbonyl (C=O) groups is 4. The molecule has 0 radical (unpaired) electrons. The van der Waals surface area contributed by atoms with Gasteiger partial charge in [0.25, 0.3) is 0 Å². The van der Waals surface area contributed by atoms with Crippen LogP contribution < -0.4 is 0 Å². The van der Waals surface area contributed by atoms with Crippen LogP contribution in [0.3, 0.4) is 0 Å². The van der Waals surface area contributed by atoms with E-state index in [2.05, 4.69) is 48.5 Å². The molecule has 0 aliphatic carbocycles. The average Bonchev–Trinajstić information content (AvgIpc) is 1.58. The van der Waals surface area contributed by atoms with Gasteiger partial charge < -0.3 is 33.8 Å². The number of hydrogen-bond acceptors (Lipinski definition) is 15. The maximum Gasteiger partial charge on any atom is 0.472 e. The van der Waals surface area contributed by atoms with Gasteiger partial charge in [-0.3, -0.25) is 37.3 Å². The van der Waals surface area contributed by atoms with E-state index in [0.717, 1.165) is 108 Å². The third-order valence-corrected chi connectivity index (χ3v) is 20.4. The number of rotatable bonds is 76. The summed E-state index contributed by atoms with van der Waals surface area (Å²) in [5.41, 5.74) is 0. The molecule has 3 unspecified atom stereocenters. The molecular formula is C78H152O17P2. The van der Waals surface area contributed by atoms with Gasteiger partial charge in [-0.05, 0) is 43.4 Å². The van der Waals surface area contributed by atoms with Crippen LogP contribution in [0.1, 0.15) is 402 Å². The van der Waals surface area contributed by atoms with E-state index in [4.69, 9.17) is 37.0 Å². The van der Waals surface area contributed by atoms with Crippen molar-refractivity contribution in [1.29, 1.82) is 0 Å². The van der Waals surface area contributed by atoms with E-state index in [1.165, 1.54) is 212 Å². The zero-order valence-corrected chi connectivity index (χ0v) is 65.3. The summed E-state index contributed by atoms with van der Waals surface area (Å²) in [6.07, 6.45) is 55.3. The zero-order chi connectivity index (χ0) is 71.6. The van der Waals surface area contributed by atoms with Crippen molar-refractivity contribution in [3.63, 3.8) is 0 Å². The minimum absolute atomic E-state index is 0.106. The lowest BCUT2D eigenvalue weighted by atomic mass is 9.99. The Kier molecular flexibility index (Phi) is 67.1. The summed E-state index contributed by atoms with van der Waals surface area (Å²) in [6, 6.07) is 0. The van der Waals surface area contributed by atoms with Crippen LogP contribution in [-0.2, 0) is 65.4 Å². The number of aliphatic hydroxyl groups excluding tert-OH is 1. The Bertz CT molecular complexity index is 1890. The van der Waals surface area contributed by atoms with Gasteiger partial charge >= 0.3 is 39.5 Å². The van der Waals surface area contributed by atoms with Crippen molar-refractivity contribution in [1.82, 2.24) is 0 Å². The highest BCUT2D eigenvalue weighted by molar-refractivity contribution is 7.47. The van der Waals surface area contributed by atoms with Crippen LogP contribution in [0.4, 0.5) is 0 Å². The number of unbranched alkanes of at least 4 members (excludes halogenated alkanes) is 43. The number of ether oxygens (including phenoxy) is 4. The standard InChI is InChI=1S/C78H152O17P2/c1-8-10-11-12-13-14-15-16-17-18-19-22-33-40-47-54-61-77(82)94-73(65-88-75(80)59-52-45-38-31-23-20-21-28-35-42-49-56-69(3)4)67-92-96(84,85)90-63-72(79)64-91-97(86,87)93-68-74(66-89-76(81)60-53-46-39-32-26-24-29-36-43-50-57-70(5)6)95-78(83)62-55-48-41-34-27-25-30-37-44-51-58-71(7)9-2/h69-74,79H,8-68H2,1-7H3,(H,84,85)(H,86,87)/t71?,72-,73-,74-/m1/s1. The van der Waals surface area contributed by atoms with Crippen molar-refractivity contribution in [3.8, 4) is 0 Å². The Morgan fingerprint density at radius 3 is 0.784 bits per heavy atom. The largest absolute Gasteiger partial charge is 0.472 e. The first kappa shape index (κ1) is 95.1. The third kappa shape index (κ3) is 70.9. The van der Waals surface area contributed by atoms with E-state index >= 15 is 0 Å². The minimum Gasteiger partial charge on any atom is -0.462 e. The monoisotopic (exact) mass is 1420 g/mol. The fourth-order valence-corrected chi connectivity index (χ4v) is 13.5. The predicted molar refractivity (Wildman–Crippen MR) is 395 cm³/mol. The number of esters is 4. The zero-order valence-electron chi connectivity index (χ0n) is 63.5. The fraction of sp³-hybridized carbons (Fsp3) is 0.949. The van der Waals surface area contributed by atoms with Gasteiger partial charge in [-0.2, -0.15) is 0 Å². The molecule has 0 aliphatic heterocycles. The van der Waals surface area contributed by atoms with Gasteiger partial charge in [0, 0.05) is 25.7 Å². The molecule has 97 heavy (non-hydrogen) atoms. The summed E-state index contributed by atoms with van der Waals surface area (Å²) in [5, 5.41) is 10.6. The Labute approximate surface area is 594 Å².